The number of nitrogens with zero attached hydrogens (tertiary/aromatic N) is 3. The van der Waals surface area contributed by atoms with Gasteiger partial charge in [0.25, 0.3) is 5.69 Å². The summed E-state index contributed by atoms with van der Waals surface area (Å²) in [5, 5.41) is 13.9. The fourth-order valence-electron chi connectivity index (χ4n) is 3.25. The summed E-state index contributed by atoms with van der Waals surface area (Å²) in [6.07, 6.45) is 0. The van der Waals surface area contributed by atoms with Gasteiger partial charge in [-0.3, -0.25) is 19.8 Å². The Kier molecular flexibility index (Phi) is 6.10. The van der Waals surface area contributed by atoms with E-state index in [-0.39, 0.29) is 23.8 Å². The minimum Gasteiger partial charge on any atom is -0.497 e. The van der Waals surface area contributed by atoms with E-state index in [1.54, 1.807) is 26.2 Å². The fraction of sp³-hybridized carbons (Fsp3) is 0.350. The average molecular weight is 384 g/mol. The molecule has 1 aliphatic rings. The Labute approximate surface area is 163 Å². The fourth-order valence-corrected chi connectivity index (χ4v) is 3.25. The highest BCUT2D eigenvalue weighted by molar-refractivity contribution is 5.94. The van der Waals surface area contributed by atoms with E-state index in [1.165, 1.54) is 6.07 Å². The lowest BCUT2D eigenvalue weighted by molar-refractivity contribution is -0.384. The van der Waals surface area contributed by atoms with E-state index in [9.17, 15) is 14.9 Å². The molecule has 2 aromatic rings. The van der Waals surface area contributed by atoms with Crippen LogP contribution in [0, 0.1) is 17.0 Å². The molecule has 1 fully saturated rings. The molecule has 0 unspecified atom stereocenters. The van der Waals surface area contributed by atoms with Gasteiger partial charge < -0.3 is 15.0 Å². The van der Waals surface area contributed by atoms with Gasteiger partial charge in [-0.05, 0) is 42.8 Å². The van der Waals surface area contributed by atoms with E-state index in [2.05, 4.69) is 15.1 Å². The lowest BCUT2D eigenvalue weighted by Gasteiger charge is -2.35. The van der Waals surface area contributed by atoms with Crippen LogP contribution in [0.2, 0.25) is 0 Å². The molecule has 0 atom stereocenters. The van der Waals surface area contributed by atoms with Crippen molar-refractivity contribution in [2.24, 2.45) is 0 Å². The number of nitro groups is 1. The van der Waals surface area contributed by atoms with Crippen LogP contribution < -0.4 is 15.0 Å². The number of anilines is 2. The number of aryl methyl sites for hydroxylation is 1. The van der Waals surface area contributed by atoms with Gasteiger partial charge in [0, 0.05) is 37.9 Å². The highest BCUT2D eigenvalue weighted by atomic mass is 16.6. The van der Waals surface area contributed by atoms with Gasteiger partial charge in [-0.15, -0.1) is 0 Å². The molecule has 3 rings (SSSR count). The number of carbonyl (C=O) groups is 1. The second kappa shape index (κ2) is 8.71. The maximum Gasteiger partial charge on any atom is 0.293 e. The number of methoxy groups -OCH3 is 1. The largest absolute Gasteiger partial charge is 0.497 e. The van der Waals surface area contributed by atoms with Gasteiger partial charge in [-0.1, -0.05) is 6.07 Å². The lowest BCUT2D eigenvalue weighted by atomic mass is 10.2. The molecule has 1 saturated heterocycles. The Hall–Kier alpha value is -3.13. The zero-order valence-corrected chi connectivity index (χ0v) is 16.1. The number of nitrogens with one attached hydrogen (secondary N) is 1. The quantitative estimate of drug-likeness (QED) is 0.609. The zero-order valence-electron chi connectivity index (χ0n) is 16.1. The summed E-state index contributed by atoms with van der Waals surface area (Å²) < 4.78 is 5.18. The third kappa shape index (κ3) is 4.77. The van der Waals surface area contributed by atoms with E-state index in [1.807, 2.05) is 24.3 Å². The second-order valence-corrected chi connectivity index (χ2v) is 6.79. The van der Waals surface area contributed by atoms with Gasteiger partial charge in [0.15, 0.2) is 0 Å². The first-order chi connectivity index (χ1) is 13.5. The highest BCUT2D eigenvalue weighted by Gasteiger charge is 2.21. The smallest absolute Gasteiger partial charge is 0.293 e. The van der Waals surface area contributed by atoms with Gasteiger partial charge >= 0.3 is 0 Å². The topological polar surface area (TPSA) is 88.0 Å². The van der Waals surface area contributed by atoms with Crippen LogP contribution in [0.1, 0.15) is 5.56 Å². The molecule has 0 saturated carbocycles. The SMILES string of the molecule is COc1ccc(N2CCN(CC(=O)Nc3ccc(C)cc3[N+](=O)[O-])CC2)cc1. The van der Waals surface area contributed by atoms with Crippen LogP contribution in [-0.2, 0) is 4.79 Å². The number of piperazine rings is 1. The van der Waals surface area contributed by atoms with Crippen LogP contribution in [0.5, 0.6) is 5.75 Å². The van der Waals surface area contributed by atoms with Gasteiger partial charge in [0.05, 0.1) is 18.6 Å². The van der Waals surface area contributed by atoms with Gasteiger partial charge in [-0.25, -0.2) is 0 Å². The molecule has 0 aromatic heterocycles. The summed E-state index contributed by atoms with van der Waals surface area (Å²) in [7, 11) is 1.64. The predicted molar refractivity (Wildman–Crippen MR) is 108 cm³/mol. The van der Waals surface area contributed by atoms with Crippen molar-refractivity contribution in [2.45, 2.75) is 6.92 Å². The molecule has 1 N–H and O–H groups in total. The third-order valence-corrected chi connectivity index (χ3v) is 4.80. The maximum absolute atomic E-state index is 12.4. The second-order valence-electron chi connectivity index (χ2n) is 6.79. The normalized spacial score (nSPS) is 14.6. The molecule has 0 aliphatic carbocycles. The number of hydrogen-bond acceptors (Lipinski definition) is 6. The third-order valence-electron chi connectivity index (χ3n) is 4.80. The summed E-state index contributed by atoms with van der Waals surface area (Å²) in [5.74, 6) is 0.578. The lowest BCUT2D eigenvalue weighted by Crippen LogP contribution is -2.48. The van der Waals surface area contributed by atoms with E-state index in [0.29, 0.717) is 0 Å². The number of amides is 1. The molecule has 8 heteroatoms. The number of ether oxygens (including phenoxy) is 1. The standard InChI is InChI=1S/C20H24N4O4/c1-15-3-8-18(19(13-15)24(26)27)21-20(25)14-22-9-11-23(12-10-22)16-4-6-17(28-2)7-5-16/h3-8,13H,9-12,14H2,1-2H3,(H,21,25). The Morgan fingerprint density at radius 2 is 1.82 bits per heavy atom. The van der Waals surface area contributed by atoms with E-state index in [4.69, 9.17) is 4.74 Å². The first kappa shape index (κ1) is 19.6. The van der Waals surface area contributed by atoms with Crippen molar-refractivity contribution in [1.82, 2.24) is 4.90 Å². The molecule has 0 spiro atoms. The molecule has 8 nitrogen and oxygen atoms in total. The van der Waals surface area contributed by atoms with E-state index < -0.39 is 4.92 Å². The van der Waals surface area contributed by atoms with Crippen molar-refractivity contribution < 1.29 is 14.5 Å². The van der Waals surface area contributed by atoms with E-state index >= 15 is 0 Å². The van der Waals surface area contributed by atoms with Gasteiger partial charge in [0.2, 0.25) is 5.91 Å². The van der Waals surface area contributed by atoms with Gasteiger partial charge in [0.1, 0.15) is 11.4 Å². The molecule has 2 aromatic carbocycles. The van der Waals surface area contributed by atoms with Gasteiger partial charge in [-0.2, -0.15) is 0 Å². The Morgan fingerprint density at radius 3 is 2.43 bits per heavy atom. The van der Waals surface area contributed by atoms with E-state index in [0.717, 1.165) is 43.2 Å². The Morgan fingerprint density at radius 1 is 1.14 bits per heavy atom. The minimum atomic E-state index is -0.476. The predicted octanol–water partition coefficient (Wildman–Crippen LogP) is 2.67. The molecule has 0 radical (unpaired) electrons. The van der Waals surface area contributed by atoms with Crippen molar-refractivity contribution >= 4 is 23.0 Å². The van der Waals surface area contributed by atoms with Crippen LogP contribution in [0.15, 0.2) is 42.5 Å². The summed E-state index contributed by atoms with van der Waals surface area (Å²) in [6, 6.07) is 12.7. The molecule has 1 amide bonds. The van der Waals surface area contributed by atoms with Crippen LogP contribution in [-0.4, -0.2) is 55.6 Å². The van der Waals surface area contributed by atoms with Crippen molar-refractivity contribution in [1.29, 1.82) is 0 Å². The molecule has 148 valence electrons. The summed E-state index contributed by atoms with van der Waals surface area (Å²) >= 11 is 0. The van der Waals surface area contributed by atoms with Crippen molar-refractivity contribution in [3.8, 4) is 5.75 Å². The number of hydrogen-bond donors (Lipinski definition) is 1. The van der Waals surface area contributed by atoms with Crippen LogP contribution in [0.3, 0.4) is 0 Å². The first-order valence-corrected chi connectivity index (χ1v) is 9.12. The van der Waals surface area contributed by atoms with Crippen molar-refractivity contribution in [3.63, 3.8) is 0 Å². The zero-order chi connectivity index (χ0) is 20.1. The minimum absolute atomic E-state index is 0.0855. The molecule has 28 heavy (non-hydrogen) atoms. The summed E-state index contributed by atoms with van der Waals surface area (Å²) in [5.41, 5.74) is 2.05. The Bertz CT molecular complexity index is 846. The first-order valence-electron chi connectivity index (χ1n) is 9.12. The average Bonchev–Trinajstić information content (AvgIpc) is 2.70. The summed E-state index contributed by atoms with van der Waals surface area (Å²) in [6.45, 7) is 5.10. The Balaban J connectivity index is 1.53. The number of carbonyl (C=O) groups excluding carboxylic acids is 1. The number of rotatable bonds is 6. The molecular formula is C20H24N4O4. The molecule has 1 aliphatic heterocycles. The molecular weight excluding hydrogens is 360 g/mol. The molecule has 0 bridgehead atoms. The maximum atomic E-state index is 12.4. The number of benzene rings is 2. The summed E-state index contributed by atoms with van der Waals surface area (Å²) in [4.78, 5) is 27.4. The molecule has 1 heterocycles. The van der Waals surface area contributed by atoms with Crippen LogP contribution in [0.4, 0.5) is 17.1 Å². The van der Waals surface area contributed by atoms with Crippen LogP contribution in [0.25, 0.3) is 0 Å². The monoisotopic (exact) mass is 384 g/mol. The number of nitro benzene ring substituents is 1. The highest BCUT2D eigenvalue weighted by Crippen LogP contribution is 2.25. The van der Waals surface area contributed by atoms with Crippen molar-refractivity contribution in [3.05, 3.63) is 58.1 Å². The van der Waals surface area contributed by atoms with Crippen LogP contribution >= 0.6 is 0 Å². The van der Waals surface area contributed by atoms with Crippen molar-refractivity contribution in [2.75, 3.05) is 50.1 Å².